The Bertz CT molecular complexity index is 474. The predicted molar refractivity (Wildman–Crippen MR) is 55.7 cm³/mol. The average Bonchev–Trinajstić information content (AvgIpc) is 2.24. The summed E-state index contributed by atoms with van der Waals surface area (Å²) in [5, 5.41) is 10.6. The third-order valence-electron chi connectivity index (χ3n) is 2.23. The number of halogens is 2. The zero-order chi connectivity index (χ0) is 13.2. The van der Waals surface area contributed by atoms with Gasteiger partial charge in [0.1, 0.15) is 23.2 Å². The van der Waals surface area contributed by atoms with Crippen LogP contribution < -0.4 is 5.32 Å². The van der Waals surface area contributed by atoms with Gasteiger partial charge in [-0.2, -0.15) is 0 Å². The SMILES string of the molecule is Cc1ccc(F)c(C(=O)N[C@@H](C)C(=O)O)c1F. The maximum absolute atomic E-state index is 13.5. The Balaban J connectivity index is 3.05. The second kappa shape index (κ2) is 4.90. The molecule has 0 bridgehead atoms. The van der Waals surface area contributed by atoms with Crippen LogP contribution in [0.4, 0.5) is 8.78 Å². The molecule has 0 spiro atoms. The highest BCUT2D eigenvalue weighted by Gasteiger charge is 2.22. The second-order valence-electron chi connectivity index (χ2n) is 3.59. The highest BCUT2D eigenvalue weighted by Crippen LogP contribution is 2.16. The first-order valence-corrected chi connectivity index (χ1v) is 4.83. The number of benzene rings is 1. The van der Waals surface area contributed by atoms with Crippen LogP contribution in [-0.2, 0) is 4.79 Å². The number of carboxylic acids is 1. The maximum atomic E-state index is 13.5. The standard InChI is InChI=1S/C11H11F2NO3/c1-5-3-4-7(12)8(9(5)13)10(15)14-6(2)11(16)17/h3-4,6H,1-2H3,(H,14,15)(H,16,17)/t6-/m0/s1. The van der Waals surface area contributed by atoms with Crippen LogP contribution in [0.15, 0.2) is 12.1 Å². The summed E-state index contributed by atoms with van der Waals surface area (Å²) >= 11 is 0. The van der Waals surface area contributed by atoms with Gasteiger partial charge in [-0.1, -0.05) is 6.07 Å². The molecule has 1 aromatic rings. The lowest BCUT2D eigenvalue weighted by atomic mass is 10.1. The fourth-order valence-corrected chi connectivity index (χ4v) is 1.20. The molecule has 0 fully saturated rings. The van der Waals surface area contributed by atoms with Crippen LogP contribution in [0.2, 0.25) is 0 Å². The number of hydrogen-bond donors (Lipinski definition) is 2. The molecule has 1 atom stereocenters. The number of aliphatic carboxylic acids is 1. The van der Waals surface area contributed by atoms with Crippen molar-refractivity contribution >= 4 is 11.9 Å². The molecule has 4 nitrogen and oxygen atoms in total. The molecule has 1 rings (SSSR count). The quantitative estimate of drug-likeness (QED) is 0.844. The number of nitrogens with one attached hydrogen (secondary N) is 1. The van der Waals surface area contributed by atoms with Crippen LogP contribution in [-0.4, -0.2) is 23.0 Å². The molecule has 92 valence electrons. The van der Waals surface area contributed by atoms with Crippen LogP contribution >= 0.6 is 0 Å². The van der Waals surface area contributed by atoms with Crippen molar-refractivity contribution in [2.75, 3.05) is 0 Å². The fourth-order valence-electron chi connectivity index (χ4n) is 1.20. The molecule has 0 unspecified atom stereocenters. The van der Waals surface area contributed by atoms with Crippen molar-refractivity contribution in [2.45, 2.75) is 19.9 Å². The Morgan fingerprint density at radius 3 is 2.47 bits per heavy atom. The summed E-state index contributed by atoms with van der Waals surface area (Å²) < 4.78 is 26.8. The average molecular weight is 243 g/mol. The van der Waals surface area contributed by atoms with E-state index in [1.54, 1.807) is 0 Å². The summed E-state index contributed by atoms with van der Waals surface area (Å²) in [4.78, 5) is 22.0. The van der Waals surface area contributed by atoms with E-state index in [0.717, 1.165) is 6.07 Å². The second-order valence-corrected chi connectivity index (χ2v) is 3.59. The van der Waals surface area contributed by atoms with E-state index in [0.29, 0.717) is 0 Å². The highest BCUT2D eigenvalue weighted by molar-refractivity contribution is 5.97. The van der Waals surface area contributed by atoms with Crippen molar-refractivity contribution in [3.8, 4) is 0 Å². The molecule has 0 saturated heterocycles. The molecule has 0 aromatic heterocycles. The van der Waals surface area contributed by atoms with Crippen molar-refractivity contribution < 1.29 is 23.5 Å². The third kappa shape index (κ3) is 2.77. The maximum Gasteiger partial charge on any atom is 0.325 e. The van der Waals surface area contributed by atoms with E-state index in [-0.39, 0.29) is 5.56 Å². The van der Waals surface area contributed by atoms with Crippen LogP contribution in [0.5, 0.6) is 0 Å². The van der Waals surface area contributed by atoms with Crippen LogP contribution in [0.3, 0.4) is 0 Å². The fraction of sp³-hybridized carbons (Fsp3) is 0.273. The van der Waals surface area contributed by atoms with Crippen molar-refractivity contribution in [2.24, 2.45) is 0 Å². The summed E-state index contributed by atoms with van der Waals surface area (Å²) in [5.41, 5.74) is -0.655. The first-order chi connectivity index (χ1) is 7.84. The minimum absolute atomic E-state index is 0.111. The van der Waals surface area contributed by atoms with Crippen molar-refractivity contribution in [3.05, 3.63) is 34.9 Å². The number of amides is 1. The molecule has 1 amide bonds. The molecule has 0 heterocycles. The zero-order valence-electron chi connectivity index (χ0n) is 9.25. The topological polar surface area (TPSA) is 66.4 Å². The third-order valence-corrected chi connectivity index (χ3v) is 2.23. The number of rotatable bonds is 3. The Hall–Kier alpha value is -1.98. The summed E-state index contributed by atoms with van der Waals surface area (Å²) in [5.74, 6) is -4.38. The minimum atomic E-state index is -1.29. The largest absolute Gasteiger partial charge is 0.480 e. The predicted octanol–water partition coefficient (Wildman–Crippen LogP) is 1.48. The van der Waals surface area contributed by atoms with Gasteiger partial charge in [-0.3, -0.25) is 9.59 Å². The van der Waals surface area contributed by atoms with Crippen LogP contribution in [0.25, 0.3) is 0 Å². The number of carbonyl (C=O) groups is 2. The van der Waals surface area contributed by atoms with Crippen molar-refractivity contribution in [1.29, 1.82) is 0 Å². The van der Waals surface area contributed by atoms with Crippen molar-refractivity contribution in [3.63, 3.8) is 0 Å². The molecule has 0 aliphatic heterocycles. The molecular formula is C11H11F2NO3. The number of aryl methyl sites for hydroxylation is 1. The van der Waals surface area contributed by atoms with Gasteiger partial charge in [0.15, 0.2) is 0 Å². The highest BCUT2D eigenvalue weighted by atomic mass is 19.1. The van der Waals surface area contributed by atoms with Crippen molar-refractivity contribution in [1.82, 2.24) is 5.32 Å². The van der Waals surface area contributed by atoms with E-state index in [4.69, 9.17) is 5.11 Å². The molecular weight excluding hydrogens is 232 g/mol. The normalized spacial score (nSPS) is 12.0. The summed E-state index contributed by atoms with van der Waals surface area (Å²) in [6.45, 7) is 2.58. The molecule has 0 radical (unpaired) electrons. The first-order valence-electron chi connectivity index (χ1n) is 4.83. The van der Waals surface area contributed by atoms with Crippen LogP contribution in [0.1, 0.15) is 22.8 Å². The van der Waals surface area contributed by atoms with E-state index in [9.17, 15) is 18.4 Å². The lowest BCUT2D eigenvalue weighted by Crippen LogP contribution is -2.39. The van der Waals surface area contributed by atoms with Gasteiger partial charge in [-0.25, -0.2) is 8.78 Å². The monoisotopic (exact) mass is 243 g/mol. The lowest BCUT2D eigenvalue weighted by Gasteiger charge is -2.11. The van der Waals surface area contributed by atoms with E-state index in [1.807, 2.05) is 5.32 Å². The Morgan fingerprint density at radius 2 is 1.94 bits per heavy atom. The first kappa shape index (κ1) is 13.1. The molecule has 1 aromatic carbocycles. The van der Waals surface area contributed by atoms with Gasteiger partial charge >= 0.3 is 5.97 Å². The number of carboxylic acid groups (broad SMARTS) is 1. The Kier molecular flexibility index (Phi) is 3.77. The van der Waals surface area contributed by atoms with Gasteiger partial charge < -0.3 is 10.4 Å². The van der Waals surface area contributed by atoms with Gasteiger partial charge in [0.2, 0.25) is 0 Å². The lowest BCUT2D eigenvalue weighted by molar-refractivity contribution is -0.138. The van der Waals surface area contributed by atoms with Gasteiger partial charge in [0.25, 0.3) is 5.91 Å². The van der Waals surface area contributed by atoms with Gasteiger partial charge in [-0.15, -0.1) is 0 Å². The number of hydrogen-bond acceptors (Lipinski definition) is 2. The molecule has 2 N–H and O–H groups in total. The van der Waals surface area contributed by atoms with Crippen LogP contribution in [0, 0.1) is 18.6 Å². The van der Waals surface area contributed by atoms with E-state index >= 15 is 0 Å². The zero-order valence-corrected chi connectivity index (χ0v) is 9.25. The smallest absolute Gasteiger partial charge is 0.325 e. The summed E-state index contributed by atoms with van der Waals surface area (Å²) in [6.07, 6.45) is 0. The molecule has 0 saturated carbocycles. The van der Waals surface area contributed by atoms with E-state index in [1.165, 1.54) is 19.9 Å². The van der Waals surface area contributed by atoms with Gasteiger partial charge in [-0.05, 0) is 25.5 Å². The molecule has 0 aliphatic rings. The summed E-state index contributed by atoms with van der Waals surface area (Å²) in [7, 11) is 0. The Morgan fingerprint density at radius 1 is 1.35 bits per heavy atom. The van der Waals surface area contributed by atoms with E-state index in [2.05, 4.69) is 0 Å². The molecule has 6 heteroatoms. The van der Waals surface area contributed by atoms with Gasteiger partial charge in [0, 0.05) is 0 Å². The summed E-state index contributed by atoms with van der Waals surface area (Å²) in [6, 6.07) is 0.933. The molecule has 0 aliphatic carbocycles. The van der Waals surface area contributed by atoms with Gasteiger partial charge in [0.05, 0.1) is 0 Å². The number of carbonyl (C=O) groups excluding carboxylic acids is 1. The Labute approximate surface area is 96.3 Å². The minimum Gasteiger partial charge on any atom is -0.480 e. The molecule has 17 heavy (non-hydrogen) atoms. The van der Waals surface area contributed by atoms with E-state index < -0.39 is 35.1 Å².